The highest BCUT2D eigenvalue weighted by molar-refractivity contribution is 5.87. The Morgan fingerprint density at radius 1 is 1.32 bits per heavy atom. The van der Waals surface area contributed by atoms with E-state index >= 15 is 0 Å². The fraction of sp³-hybridized carbons (Fsp3) is 0.333. The Labute approximate surface area is 145 Å². The molecule has 0 amide bonds. The Morgan fingerprint density at radius 3 is 2.80 bits per heavy atom. The molecule has 3 rings (SSSR count). The summed E-state index contributed by atoms with van der Waals surface area (Å²) < 4.78 is 10.9. The lowest BCUT2D eigenvalue weighted by Crippen LogP contribution is -2.02. The molecule has 1 aromatic carbocycles. The summed E-state index contributed by atoms with van der Waals surface area (Å²) in [7, 11) is 1.60. The second kappa shape index (κ2) is 7.23. The van der Waals surface area contributed by atoms with Crippen LogP contribution in [-0.2, 0) is 0 Å². The van der Waals surface area contributed by atoms with Crippen molar-refractivity contribution in [1.82, 2.24) is 9.97 Å². The molecule has 7 nitrogen and oxygen atoms in total. The summed E-state index contributed by atoms with van der Waals surface area (Å²) in [6.45, 7) is 4.18. The Bertz CT molecular complexity index is 915. The minimum Gasteiger partial charge on any atom is -0.496 e. The number of hydrogen-bond acceptors (Lipinski definition) is 5. The van der Waals surface area contributed by atoms with E-state index in [0.29, 0.717) is 17.4 Å². The average Bonchev–Trinajstić information content (AvgIpc) is 3.13. The summed E-state index contributed by atoms with van der Waals surface area (Å²) in [6.07, 6.45) is 3.78. The highest BCUT2D eigenvalue weighted by atomic mass is 16.5. The second-order valence-corrected chi connectivity index (χ2v) is 6.20. The normalized spacial score (nSPS) is 12.2. The number of rotatable bonds is 6. The number of methoxy groups -OCH3 is 1. The third-order valence-corrected chi connectivity index (χ3v) is 3.96. The van der Waals surface area contributed by atoms with Gasteiger partial charge < -0.3 is 9.15 Å². The van der Waals surface area contributed by atoms with Crippen LogP contribution in [0.15, 0.2) is 46.4 Å². The third-order valence-electron chi connectivity index (χ3n) is 3.96. The van der Waals surface area contributed by atoms with Gasteiger partial charge in [0.15, 0.2) is 12.2 Å². The molecule has 0 aliphatic rings. The molecule has 25 heavy (non-hydrogen) atoms. The Hall–Kier alpha value is -3.05. The van der Waals surface area contributed by atoms with E-state index in [4.69, 9.17) is 14.7 Å². The molecule has 128 valence electrons. The van der Waals surface area contributed by atoms with E-state index in [0.717, 1.165) is 28.6 Å². The topological polar surface area (TPSA) is 96.9 Å². The van der Waals surface area contributed by atoms with Gasteiger partial charge in [-0.05, 0) is 30.0 Å². The van der Waals surface area contributed by atoms with E-state index in [1.807, 2.05) is 24.3 Å². The van der Waals surface area contributed by atoms with E-state index in [9.17, 15) is 0 Å². The van der Waals surface area contributed by atoms with Gasteiger partial charge in [0, 0.05) is 16.4 Å². The van der Waals surface area contributed by atoms with Crippen LogP contribution in [0.4, 0.5) is 0 Å². The number of aromatic nitrogens is 2. The van der Waals surface area contributed by atoms with Crippen LogP contribution >= 0.6 is 0 Å². The summed E-state index contributed by atoms with van der Waals surface area (Å²) in [6, 6.07) is 7.41. The molecule has 0 spiro atoms. The van der Waals surface area contributed by atoms with Gasteiger partial charge in [0.2, 0.25) is 0 Å². The van der Waals surface area contributed by atoms with Crippen LogP contribution < -0.4 is 4.74 Å². The molecule has 0 bridgehead atoms. The van der Waals surface area contributed by atoms with Gasteiger partial charge >= 0.3 is 0 Å². The number of benzene rings is 1. The first kappa shape index (κ1) is 16.8. The Kier molecular flexibility index (Phi) is 4.86. The molecule has 0 fully saturated rings. The van der Waals surface area contributed by atoms with Crippen molar-refractivity contribution in [2.45, 2.75) is 26.3 Å². The molecule has 0 radical (unpaired) electrons. The van der Waals surface area contributed by atoms with Gasteiger partial charge in [0.25, 0.3) is 0 Å². The zero-order chi connectivity index (χ0) is 17.8. The first-order chi connectivity index (χ1) is 12.1. The highest BCUT2D eigenvalue weighted by Crippen LogP contribution is 2.34. The second-order valence-electron chi connectivity index (χ2n) is 6.20. The van der Waals surface area contributed by atoms with Gasteiger partial charge in [-0.3, -0.25) is 4.98 Å². The van der Waals surface area contributed by atoms with Gasteiger partial charge in [0.1, 0.15) is 5.75 Å². The molecule has 3 aromatic rings. The number of nitrogens with zero attached hydrogens (tertiary/aromatic N) is 5. The maximum Gasteiger partial charge on any atom is 0.181 e. The van der Waals surface area contributed by atoms with Crippen molar-refractivity contribution in [2.75, 3.05) is 7.11 Å². The van der Waals surface area contributed by atoms with E-state index in [1.165, 1.54) is 6.39 Å². The smallest absolute Gasteiger partial charge is 0.181 e. The lowest BCUT2D eigenvalue weighted by atomic mass is 10.0. The van der Waals surface area contributed by atoms with Crippen LogP contribution in [0.1, 0.15) is 32.0 Å². The lowest BCUT2D eigenvalue weighted by Gasteiger charge is -2.14. The van der Waals surface area contributed by atoms with Gasteiger partial charge in [-0.25, -0.2) is 4.98 Å². The first-order valence-corrected chi connectivity index (χ1v) is 8.04. The lowest BCUT2D eigenvalue weighted by molar-refractivity contribution is 0.415. The maximum absolute atomic E-state index is 8.84. The Balaban J connectivity index is 2.08. The van der Waals surface area contributed by atoms with Crippen molar-refractivity contribution in [1.29, 1.82) is 0 Å². The fourth-order valence-corrected chi connectivity index (χ4v) is 2.80. The van der Waals surface area contributed by atoms with Gasteiger partial charge in [0.05, 0.1) is 36.1 Å². The summed E-state index contributed by atoms with van der Waals surface area (Å²) in [5.74, 6) is 1.68. The van der Waals surface area contributed by atoms with Crippen LogP contribution in [0.25, 0.3) is 32.7 Å². The van der Waals surface area contributed by atoms with Crippen LogP contribution in [0, 0.1) is 5.92 Å². The van der Waals surface area contributed by atoms with Crippen molar-refractivity contribution >= 4 is 10.9 Å². The van der Waals surface area contributed by atoms with E-state index < -0.39 is 0 Å². The molecule has 0 saturated carbocycles. The summed E-state index contributed by atoms with van der Waals surface area (Å²) in [5.41, 5.74) is 11.2. The van der Waals surface area contributed by atoms with E-state index in [2.05, 4.69) is 33.8 Å². The molecule has 2 heterocycles. The van der Waals surface area contributed by atoms with Crippen LogP contribution in [0.3, 0.4) is 0 Å². The molecule has 1 atom stereocenters. The molecule has 1 unspecified atom stereocenters. The number of pyridine rings is 1. The minimum absolute atomic E-state index is 0.283. The van der Waals surface area contributed by atoms with E-state index in [1.54, 1.807) is 13.3 Å². The molecule has 0 aliphatic heterocycles. The van der Waals surface area contributed by atoms with Crippen LogP contribution in [0.2, 0.25) is 0 Å². The number of azide groups is 1. The predicted molar refractivity (Wildman–Crippen MR) is 95.1 cm³/mol. The molecule has 0 aliphatic carbocycles. The van der Waals surface area contributed by atoms with Crippen molar-refractivity contribution in [3.8, 4) is 17.1 Å². The van der Waals surface area contributed by atoms with Gasteiger partial charge in [-0.2, -0.15) is 0 Å². The molecule has 0 N–H and O–H groups in total. The fourth-order valence-electron chi connectivity index (χ4n) is 2.80. The zero-order valence-electron chi connectivity index (χ0n) is 14.4. The number of fused-ring (bicyclic) bond motifs is 1. The van der Waals surface area contributed by atoms with Crippen molar-refractivity contribution in [3.63, 3.8) is 0 Å². The molecular formula is C18H19N5O2. The summed E-state index contributed by atoms with van der Waals surface area (Å²) in [5, 5.41) is 4.85. The number of hydrogen-bond donors (Lipinski definition) is 0. The number of oxazole rings is 1. The van der Waals surface area contributed by atoms with Crippen molar-refractivity contribution in [2.24, 2.45) is 11.0 Å². The summed E-state index contributed by atoms with van der Waals surface area (Å²) >= 11 is 0. The predicted octanol–water partition coefficient (Wildman–Crippen LogP) is 5.30. The highest BCUT2D eigenvalue weighted by Gasteiger charge is 2.16. The minimum atomic E-state index is -0.283. The summed E-state index contributed by atoms with van der Waals surface area (Å²) in [4.78, 5) is 11.6. The zero-order valence-corrected chi connectivity index (χ0v) is 14.4. The molecule has 2 aromatic heterocycles. The third kappa shape index (κ3) is 3.56. The quantitative estimate of drug-likeness (QED) is 0.346. The van der Waals surface area contributed by atoms with Crippen molar-refractivity contribution in [3.05, 3.63) is 53.0 Å². The molecular weight excluding hydrogens is 318 g/mol. The molecule has 0 saturated heterocycles. The monoisotopic (exact) mass is 337 g/mol. The van der Waals surface area contributed by atoms with Gasteiger partial charge in [-0.1, -0.05) is 25.0 Å². The van der Waals surface area contributed by atoms with Crippen LogP contribution in [0.5, 0.6) is 5.75 Å². The Morgan fingerprint density at radius 2 is 2.16 bits per heavy atom. The maximum atomic E-state index is 8.84. The number of ether oxygens (including phenoxy) is 1. The van der Waals surface area contributed by atoms with E-state index in [-0.39, 0.29) is 6.04 Å². The SMILES string of the molecule is COc1cc2nc(C(CC(C)C)N=[N+]=[N-])ccc2cc1-c1cnco1. The van der Waals surface area contributed by atoms with Gasteiger partial charge in [-0.15, -0.1) is 0 Å². The van der Waals surface area contributed by atoms with Crippen molar-refractivity contribution < 1.29 is 9.15 Å². The largest absolute Gasteiger partial charge is 0.496 e. The molecule has 7 heteroatoms. The average molecular weight is 337 g/mol. The first-order valence-electron chi connectivity index (χ1n) is 8.04. The van der Waals surface area contributed by atoms with Crippen LogP contribution in [-0.4, -0.2) is 17.1 Å². The standard InChI is InChI=1S/C18H19N5O2/c1-11(2)6-16(22-23-19)14-5-4-12-7-13(18-9-20-10-25-18)17(24-3)8-15(12)21-14/h4-5,7-11,16H,6H2,1-3H3.